The van der Waals surface area contributed by atoms with Crippen molar-refractivity contribution in [1.82, 2.24) is 10.6 Å². The Morgan fingerprint density at radius 3 is 2.47 bits per heavy atom. The summed E-state index contributed by atoms with van der Waals surface area (Å²) in [5.41, 5.74) is 4.83. The van der Waals surface area contributed by atoms with E-state index in [0.29, 0.717) is 16.9 Å². The number of methoxy groups -OCH3 is 1. The molecule has 0 bridgehead atoms. The number of carbonyl (C=O) groups excluding carboxylic acids is 2. The molecule has 1 aliphatic carbocycles. The highest BCUT2D eigenvalue weighted by molar-refractivity contribution is 6.00. The van der Waals surface area contributed by atoms with E-state index >= 15 is 0 Å². The zero-order valence-electron chi connectivity index (χ0n) is 20.7. The van der Waals surface area contributed by atoms with Crippen LogP contribution < -0.4 is 20.3 Å². The molecule has 6 heteroatoms. The van der Waals surface area contributed by atoms with Crippen LogP contribution in [0.3, 0.4) is 0 Å². The number of hydrogen-bond acceptors (Lipinski definition) is 4. The van der Waals surface area contributed by atoms with E-state index in [9.17, 15) is 9.59 Å². The Balaban J connectivity index is 1.22. The molecular weight excluding hydrogens is 450 g/mol. The van der Waals surface area contributed by atoms with Crippen LogP contribution in [-0.2, 0) is 6.42 Å². The second kappa shape index (κ2) is 10.9. The predicted molar refractivity (Wildman–Crippen MR) is 142 cm³/mol. The molecule has 186 valence electrons. The van der Waals surface area contributed by atoms with Crippen LogP contribution in [0.25, 0.3) is 0 Å². The van der Waals surface area contributed by atoms with Gasteiger partial charge in [0.2, 0.25) is 0 Å². The monoisotopic (exact) mass is 483 g/mol. The molecule has 1 aliphatic heterocycles. The fourth-order valence-electron chi connectivity index (χ4n) is 5.38. The van der Waals surface area contributed by atoms with E-state index in [1.54, 1.807) is 19.2 Å². The number of anilines is 1. The summed E-state index contributed by atoms with van der Waals surface area (Å²) in [5, 5.41) is 6.46. The third-order valence-corrected chi connectivity index (χ3v) is 7.33. The number of nitrogens with zero attached hydrogens (tertiary/aromatic N) is 1. The lowest BCUT2D eigenvalue weighted by atomic mass is 9.87. The maximum absolute atomic E-state index is 13.4. The third-order valence-electron chi connectivity index (χ3n) is 7.33. The topological polar surface area (TPSA) is 70.7 Å². The van der Waals surface area contributed by atoms with E-state index in [1.807, 2.05) is 36.4 Å². The lowest BCUT2D eigenvalue weighted by Gasteiger charge is -2.35. The van der Waals surface area contributed by atoms with Crippen molar-refractivity contribution in [2.24, 2.45) is 0 Å². The zero-order valence-corrected chi connectivity index (χ0v) is 20.7. The molecule has 0 aromatic heterocycles. The van der Waals surface area contributed by atoms with Crippen molar-refractivity contribution in [2.75, 3.05) is 25.1 Å². The maximum atomic E-state index is 13.4. The van der Waals surface area contributed by atoms with Crippen molar-refractivity contribution < 1.29 is 14.3 Å². The molecule has 0 saturated carbocycles. The van der Waals surface area contributed by atoms with Gasteiger partial charge in [0.25, 0.3) is 11.8 Å². The van der Waals surface area contributed by atoms with E-state index in [4.69, 9.17) is 4.74 Å². The highest BCUT2D eigenvalue weighted by Crippen LogP contribution is 2.31. The van der Waals surface area contributed by atoms with Crippen LogP contribution in [0, 0.1) is 0 Å². The number of amides is 2. The van der Waals surface area contributed by atoms with Crippen molar-refractivity contribution in [1.29, 1.82) is 0 Å². The van der Waals surface area contributed by atoms with Crippen molar-refractivity contribution >= 4 is 17.5 Å². The fourth-order valence-corrected chi connectivity index (χ4v) is 5.38. The summed E-state index contributed by atoms with van der Waals surface area (Å²) >= 11 is 0. The molecule has 1 saturated heterocycles. The molecule has 36 heavy (non-hydrogen) atoms. The normalized spacial score (nSPS) is 17.7. The Hall–Kier alpha value is -3.80. The number of rotatable bonds is 6. The molecule has 1 atom stereocenters. The Morgan fingerprint density at radius 2 is 1.64 bits per heavy atom. The number of benzene rings is 3. The number of aryl methyl sites for hydroxylation is 1. The van der Waals surface area contributed by atoms with Crippen LogP contribution in [0.1, 0.15) is 63.6 Å². The molecule has 6 nitrogen and oxygen atoms in total. The SMILES string of the molecule is COc1cccc(C(=O)NC2CCN(c3ccccc3C(=O)NC3CCCc4ccccc43)CC2)c1. The van der Waals surface area contributed by atoms with Crippen molar-refractivity contribution in [3.8, 4) is 5.75 Å². The lowest BCUT2D eigenvalue weighted by Crippen LogP contribution is -2.45. The Kier molecular flexibility index (Phi) is 7.21. The molecule has 2 amide bonds. The minimum Gasteiger partial charge on any atom is -0.497 e. The third kappa shape index (κ3) is 5.23. The summed E-state index contributed by atoms with van der Waals surface area (Å²) in [6.07, 6.45) is 4.76. The van der Waals surface area contributed by atoms with Gasteiger partial charge in [0, 0.05) is 30.4 Å². The van der Waals surface area contributed by atoms with Gasteiger partial charge < -0.3 is 20.3 Å². The molecule has 3 aromatic rings. The number of ether oxygens (including phenoxy) is 1. The van der Waals surface area contributed by atoms with Gasteiger partial charge in [-0.2, -0.15) is 0 Å². The van der Waals surface area contributed by atoms with Gasteiger partial charge in [0.15, 0.2) is 0 Å². The first kappa shape index (κ1) is 23.9. The van der Waals surface area contributed by atoms with E-state index in [1.165, 1.54) is 11.1 Å². The van der Waals surface area contributed by atoms with E-state index < -0.39 is 0 Å². The molecule has 1 fully saturated rings. The number of para-hydroxylation sites is 1. The smallest absolute Gasteiger partial charge is 0.253 e. The first-order chi connectivity index (χ1) is 17.6. The van der Waals surface area contributed by atoms with E-state index in [0.717, 1.165) is 50.9 Å². The van der Waals surface area contributed by atoms with Gasteiger partial charge in [0.05, 0.1) is 18.7 Å². The van der Waals surface area contributed by atoms with Crippen LogP contribution in [0.5, 0.6) is 5.75 Å². The number of hydrogen-bond donors (Lipinski definition) is 2. The largest absolute Gasteiger partial charge is 0.497 e. The van der Waals surface area contributed by atoms with Gasteiger partial charge >= 0.3 is 0 Å². The van der Waals surface area contributed by atoms with Gasteiger partial charge in [-0.25, -0.2) is 0 Å². The zero-order chi connectivity index (χ0) is 24.9. The van der Waals surface area contributed by atoms with Crippen molar-refractivity contribution in [2.45, 2.75) is 44.2 Å². The highest BCUT2D eigenvalue weighted by atomic mass is 16.5. The second-order valence-electron chi connectivity index (χ2n) is 9.60. The molecule has 2 aliphatic rings. The average molecular weight is 484 g/mol. The quantitative estimate of drug-likeness (QED) is 0.523. The number of fused-ring (bicyclic) bond motifs is 1. The average Bonchev–Trinajstić information content (AvgIpc) is 2.93. The van der Waals surface area contributed by atoms with Gasteiger partial charge in [-0.1, -0.05) is 42.5 Å². The van der Waals surface area contributed by atoms with E-state index in [2.05, 4.69) is 39.8 Å². The minimum atomic E-state index is -0.0834. The standard InChI is InChI=1S/C30H33N3O3/c1-36-24-11-6-10-22(20-24)29(34)31-23-16-18-33(19-17-23)28-15-5-4-13-26(28)30(35)32-27-14-7-9-21-8-2-3-12-25(21)27/h2-6,8,10-13,15,20,23,27H,7,9,14,16-19H2,1H3,(H,31,34)(H,32,35). The summed E-state index contributed by atoms with van der Waals surface area (Å²) < 4.78 is 5.23. The Morgan fingerprint density at radius 1 is 0.861 bits per heavy atom. The summed E-state index contributed by atoms with van der Waals surface area (Å²) in [6.45, 7) is 1.55. The molecule has 3 aromatic carbocycles. The predicted octanol–water partition coefficient (Wildman–Crippen LogP) is 4.90. The van der Waals surface area contributed by atoms with Crippen LogP contribution in [0.15, 0.2) is 72.8 Å². The lowest BCUT2D eigenvalue weighted by molar-refractivity contribution is 0.0925. The number of nitrogens with one attached hydrogen (secondary N) is 2. The molecule has 0 radical (unpaired) electrons. The van der Waals surface area contributed by atoms with Gasteiger partial charge in [-0.3, -0.25) is 9.59 Å². The number of carbonyl (C=O) groups is 2. The van der Waals surface area contributed by atoms with Crippen LogP contribution >= 0.6 is 0 Å². The first-order valence-corrected chi connectivity index (χ1v) is 12.8. The molecule has 1 unspecified atom stereocenters. The van der Waals surface area contributed by atoms with Crippen molar-refractivity contribution in [3.05, 3.63) is 95.1 Å². The Bertz CT molecular complexity index is 1230. The molecule has 1 heterocycles. The van der Waals surface area contributed by atoms with Gasteiger partial charge in [0.1, 0.15) is 5.75 Å². The molecule has 5 rings (SSSR count). The minimum absolute atomic E-state index is 0.0271. The van der Waals surface area contributed by atoms with Gasteiger partial charge in [-0.15, -0.1) is 0 Å². The van der Waals surface area contributed by atoms with E-state index in [-0.39, 0.29) is 23.9 Å². The first-order valence-electron chi connectivity index (χ1n) is 12.8. The van der Waals surface area contributed by atoms with Gasteiger partial charge in [-0.05, 0) is 73.6 Å². The molecular formula is C30H33N3O3. The highest BCUT2D eigenvalue weighted by Gasteiger charge is 2.26. The number of piperidine rings is 1. The summed E-state index contributed by atoms with van der Waals surface area (Å²) in [4.78, 5) is 28.4. The van der Waals surface area contributed by atoms with Crippen LogP contribution in [0.2, 0.25) is 0 Å². The van der Waals surface area contributed by atoms with Crippen molar-refractivity contribution in [3.63, 3.8) is 0 Å². The molecule has 0 spiro atoms. The summed E-state index contributed by atoms with van der Waals surface area (Å²) in [7, 11) is 1.60. The fraction of sp³-hybridized carbons (Fsp3) is 0.333. The summed E-state index contributed by atoms with van der Waals surface area (Å²) in [6, 6.07) is 23.6. The Labute approximate surface area is 212 Å². The second-order valence-corrected chi connectivity index (χ2v) is 9.60. The summed E-state index contributed by atoms with van der Waals surface area (Å²) in [5.74, 6) is 0.560. The molecule has 2 N–H and O–H groups in total. The van der Waals surface area contributed by atoms with Crippen LogP contribution in [0.4, 0.5) is 5.69 Å². The maximum Gasteiger partial charge on any atom is 0.253 e. The van der Waals surface area contributed by atoms with Crippen LogP contribution in [-0.4, -0.2) is 38.1 Å².